The summed E-state index contributed by atoms with van der Waals surface area (Å²) in [5, 5.41) is 3.55. The summed E-state index contributed by atoms with van der Waals surface area (Å²) in [6.07, 6.45) is 0. The molecule has 1 aromatic carbocycles. The summed E-state index contributed by atoms with van der Waals surface area (Å²) in [5.41, 5.74) is 0.0731. The summed E-state index contributed by atoms with van der Waals surface area (Å²) >= 11 is 5.80. The first-order valence-corrected chi connectivity index (χ1v) is 5.13. The summed E-state index contributed by atoms with van der Waals surface area (Å²) in [7, 11) is 1.28. The average Bonchev–Trinajstić information content (AvgIpc) is 2.27. The lowest BCUT2D eigenvalue weighted by atomic mass is 10.1. The van der Waals surface area contributed by atoms with E-state index >= 15 is 0 Å². The Morgan fingerprint density at radius 1 is 1.65 bits per heavy atom. The number of hydrogen-bond donors (Lipinski definition) is 0. The molecule has 0 bridgehead atoms. The molecular weight excluding hydrogens is 249 g/mol. The van der Waals surface area contributed by atoms with Gasteiger partial charge in [0.25, 0.3) is 0 Å². The summed E-state index contributed by atoms with van der Waals surface area (Å²) in [6, 6.07) is 4.53. The Balaban J connectivity index is 3.15. The Hall–Kier alpha value is -1.62. The van der Waals surface area contributed by atoms with Crippen molar-refractivity contribution in [1.29, 1.82) is 0 Å². The number of oxime groups is 1. The van der Waals surface area contributed by atoms with Gasteiger partial charge in [0.15, 0.2) is 5.71 Å². The average molecular weight is 259 g/mol. The van der Waals surface area contributed by atoms with Gasteiger partial charge in [0.05, 0.1) is 11.6 Å². The molecule has 0 unspecified atom stereocenters. The Kier molecular flexibility index (Phi) is 4.90. The normalized spacial score (nSPS) is 11.2. The van der Waals surface area contributed by atoms with Crippen molar-refractivity contribution in [3.63, 3.8) is 0 Å². The predicted octanol–water partition coefficient (Wildman–Crippen LogP) is 2.19. The number of hydrogen-bond acceptors (Lipinski definition) is 4. The molecule has 0 fully saturated rings. The highest BCUT2D eigenvalue weighted by Crippen LogP contribution is 2.18. The van der Waals surface area contributed by atoms with E-state index in [1.165, 1.54) is 13.2 Å². The molecule has 1 radical (unpaired) electrons. The quantitative estimate of drug-likeness (QED) is 0.473. The van der Waals surface area contributed by atoms with Crippen LogP contribution in [-0.4, -0.2) is 25.4 Å². The van der Waals surface area contributed by atoms with Gasteiger partial charge in [-0.05, 0) is 19.1 Å². The van der Waals surface area contributed by atoms with E-state index in [2.05, 4.69) is 16.1 Å². The Morgan fingerprint density at radius 3 is 2.88 bits per heavy atom. The molecule has 0 aliphatic heterocycles. The summed E-state index contributed by atoms with van der Waals surface area (Å²) in [5.74, 6) is -1.32. The summed E-state index contributed by atoms with van der Waals surface area (Å²) in [4.78, 5) is 16.1. The van der Waals surface area contributed by atoms with Gasteiger partial charge in [0.2, 0.25) is 0 Å². The van der Waals surface area contributed by atoms with Crippen LogP contribution in [0, 0.1) is 11.9 Å². The minimum Gasteiger partial charge on any atom is -0.461 e. The lowest BCUT2D eigenvalue weighted by Crippen LogP contribution is -2.19. The van der Waals surface area contributed by atoms with Crippen LogP contribution in [0.1, 0.15) is 12.5 Å². The van der Waals surface area contributed by atoms with Crippen LogP contribution in [-0.2, 0) is 14.4 Å². The SMILES string of the molecule is CCOC(=O)C(=NOC)c1c[c]c(F)cc1Cl. The van der Waals surface area contributed by atoms with Crippen LogP contribution >= 0.6 is 11.6 Å². The maximum absolute atomic E-state index is 12.8. The van der Waals surface area contributed by atoms with Gasteiger partial charge >= 0.3 is 5.97 Å². The van der Waals surface area contributed by atoms with Crippen LogP contribution in [0.25, 0.3) is 0 Å². The van der Waals surface area contributed by atoms with Crippen LogP contribution in [0.2, 0.25) is 5.02 Å². The van der Waals surface area contributed by atoms with Crippen molar-refractivity contribution in [1.82, 2.24) is 0 Å². The molecule has 0 aliphatic carbocycles. The van der Waals surface area contributed by atoms with E-state index in [0.29, 0.717) is 0 Å². The molecule has 1 aromatic rings. The Morgan fingerprint density at radius 2 is 2.35 bits per heavy atom. The molecule has 6 heteroatoms. The second-order valence-corrected chi connectivity index (χ2v) is 3.29. The molecule has 91 valence electrons. The zero-order valence-electron chi connectivity index (χ0n) is 9.29. The zero-order chi connectivity index (χ0) is 12.8. The molecule has 0 heterocycles. The number of ether oxygens (including phenoxy) is 1. The third kappa shape index (κ3) is 3.42. The minimum absolute atomic E-state index is 0.0325. The number of nitrogens with zero attached hydrogens (tertiary/aromatic N) is 1. The van der Waals surface area contributed by atoms with Crippen molar-refractivity contribution in [2.24, 2.45) is 5.16 Å². The fourth-order valence-corrected chi connectivity index (χ4v) is 1.35. The molecule has 17 heavy (non-hydrogen) atoms. The van der Waals surface area contributed by atoms with Gasteiger partial charge in [0.1, 0.15) is 12.9 Å². The lowest BCUT2D eigenvalue weighted by molar-refractivity contribution is -0.135. The first-order chi connectivity index (χ1) is 8.10. The van der Waals surface area contributed by atoms with Crippen molar-refractivity contribution in [3.8, 4) is 0 Å². The van der Waals surface area contributed by atoms with Crippen molar-refractivity contribution < 1.29 is 18.8 Å². The molecule has 0 spiro atoms. The van der Waals surface area contributed by atoms with Gasteiger partial charge in [-0.1, -0.05) is 16.8 Å². The number of carbonyl (C=O) groups is 1. The monoisotopic (exact) mass is 258 g/mol. The van der Waals surface area contributed by atoms with E-state index in [1.807, 2.05) is 0 Å². The third-order valence-corrected chi connectivity index (χ3v) is 2.08. The smallest absolute Gasteiger partial charge is 0.361 e. The first-order valence-electron chi connectivity index (χ1n) is 4.75. The highest BCUT2D eigenvalue weighted by molar-refractivity contribution is 6.47. The van der Waals surface area contributed by atoms with E-state index in [4.69, 9.17) is 16.3 Å². The summed E-state index contributed by atoms with van der Waals surface area (Å²) < 4.78 is 17.6. The zero-order valence-corrected chi connectivity index (χ0v) is 10.0. The van der Waals surface area contributed by atoms with E-state index in [9.17, 15) is 9.18 Å². The number of benzene rings is 1. The Labute approximate surface area is 103 Å². The van der Waals surface area contributed by atoms with Crippen molar-refractivity contribution in [3.05, 3.63) is 34.6 Å². The molecule has 0 amide bonds. The van der Waals surface area contributed by atoms with E-state index in [-0.39, 0.29) is 22.9 Å². The molecular formula is C11H10ClFNO3. The Bertz CT molecular complexity index is 448. The number of halogens is 2. The highest BCUT2D eigenvalue weighted by atomic mass is 35.5. The molecule has 0 aliphatic rings. The van der Waals surface area contributed by atoms with E-state index < -0.39 is 11.8 Å². The molecule has 1 rings (SSSR count). The van der Waals surface area contributed by atoms with E-state index in [1.54, 1.807) is 6.92 Å². The topological polar surface area (TPSA) is 47.9 Å². The minimum atomic E-state index is -0.698. The van der Waals surface area contributed by atoms with Crippen LogP contribution in [0.15, 0.2) is 17.3 Å². The van der Waals surface area contributed by atoms with Crippen molar-refractivity contribution in [2.45, 2.75) is 6.92 Å². The largest absolute Gasteiger partial charge is 0.461 e. The van der Waals surface area contributed by atoms with Crippen molar-refractivity contribution in [2.75, 3.05) is 13.7 Å². The second-order valence-electron chi connectivity index (χ2n) is 2.89. The third-order valence-electron chi connectivity index (χ3n) is 1.77. The molecule has 0 atom stereocenters. The molecule has 4 nitrogen and oxygen atoms in total. The van der Waals surface area contributed by atoms with Crippen LogP contribution in [0.4, 0.5) is 4.39 Å². The van der Waals surface area contributed by atoms with E-state index in [0.717, 1.165) is 6.07 Å². The second kappa shape index (κ2) is 6.20. The maximum Gasteiger partial charge on any atom is 0.361 e. The van der Waals surface area contributed by atoms with Gasteiger partial charge in [-0.2, -0.15) is 0 Å². The fourth-order valence-electron chi connectivity index (χ4n) is 1.11. The first kappa shape index (κ1) is 13.4. The number of esters is 1. The standard InChI is InChI=1S/C11H10ClFNO3/c1-3-17-11(15)10(14-16-2)8-5-4-7(13)6-9(8)12/h5-6H,3H2,1-2H3. The number of rotatable bonds is 4. The van der Waals surface area contributed by atoms with Crippen LogP contribution in [0.5, 0.6) is 0 Å². The van der Waals surface area contributed by atoms with Gasteiger partial charge < -0.3 is 9.57 Å². The molecule has 0 saturated heterocycles. The summed E-state index contributed by atoms with van der Waals surface area (Å²) in [6.45, 7) is 1.84. The van der Waals surface area contributed by atoms with Crippen LogP contribution < -0.4 is 0 Å². The van der Waals surface area contributed by atoms with Crippen molar-refractivity contribution >= 4 is 23.3 Å². The van der Waals surface area contributed by atoms with Gasteiger partial charge in [-0.15, -0.1) is 0 Å². The lowest BCUT2D eigenvalue weighted by Gasteiger charge is -2.06. The maximum atomic E-state index is 12.8. The van der Waals surface area contributed by atoms with Gasteiger partial charge in [-0.25, -0.2) is 9.18 Å². The van der Waals surface area contributed by atoms with Gasteiger partial charge in [-0.3, -0.25) is 0 Å². The highest BCUT2D eigenvalue weighted by Gasteiger charge is 2.19. The predicted molar refractivity (Wildman–Crippen MR) is 60.4 cm³/mol. The molecule has 0 N–H and O–H groups in total. The van der Waals surface area contributed by atoms with Gasteiger partial charge in [0, 0.05) is 11.6 Å². The van der Waals surface area contributed by atoms with Crippen LogP contribution in [0.3, 0.4) is 0 Å². The fraction of sp³-hybridized carbons (Fsp3) is 0.273. The molecule has 0 saturated carbocycles. The molecule has 0 aromatic heterocycles. The number of carbonyl (C=O) groups excluding carboxylic acids is 1.